The summed E-state index contributed by atoms with van der Waals surface area (Å²) in [6.45, 7) is 7.97. The third-order valence-corrected chi connectivity index (χ3v) is 4.20. The second-order valence-corrected chi connectivity index (χ2v) is 6.05. The van der Waals surface area contributed by atoms with Gasteiger partial charge in [-0.1, -0.05) is 33.7 Å². The number of carboxylic acids is 1. The van der Waals surface area contributed by atoms with E-state index in [1.54, 1.807) is 6.92 Å². The van der Waals surface area contributed by atoms with Crippen LogP contribution in [0.5, 0.6) is 0 Å². The first-order chi connectivity index (χ1) is 10.8. The molecule has 0 bridgehead atoms. The Balaban J connectivity index is 0.00000170. The predicted octanol–water partition coefficient (Wildman–Crippen LogP) is 0.826. The SMILES string of the molecule is CC.[B][N-][C@@H](C)C(=O)N1C[C@H](C)C[C@H]1C(=O)NC1(C(=O)O)CC1.[Y]. The maximum Gasteiger partial charge on any atom is 0.329 e. The molecule has 2 fully saturated rings. The van der Waals surface area contributed by atoms with E-state index >= 15 is 0 Å². The van der Waals surface area contributed by atoms with Crippen molar-refractivity contribution >= 4 is 25.8 Å². The van der Waals surface area contributed by atoms with Gasteiger partial charge in [-0.05, 0) is 25.2 Å². The Morgan fingerprint density at radius 2 is 1.88 bits per heavy atom. The van der Waals surface area contributed by atoms with Gasteiger partial charge in [0.1, 0.15) is 11.6 Å². The zero-order valence-electron chi connectivity index (χ0n) is 14.8. The summed E-state index contributed by atoms with van der Waals surface area (Å²) < 4.78 is 0. The Morgan fingerprint density at radius 3 is 2.29 bits per heavy atom. The van der Waals surface area contributed by atoms with Crippen LogP contribution in [-0.2, 0) is 47.1 Å². The van der Waals surface area contributed by atoms with Crippen molar-refractivity contribution in [1.29, 1.82) is 0 Å². The number of nitrogens with zero attached hydrogens (tertiary/aromatic N) is 2. The second kappa shape index (κ2) is 9.88. The summed E-state index contributed by atoms with van der Waals surface area (Å²) in [5.74, 6) is -1.56. The van der Waals surface area contributed by atoms with Crippen molar-refractivity contribution in [2.45, 2.75) is 64.6 Å². The number of likely N-dealkylation sites (tertiary alicyclic amines) is 1. The van der Waals surface area contributed by atoms with Crippen molar-refractivity contribution < 1.29 is 52.2 Å². The van der Waals surface area contributed by atoms with E-state index < -0.39 is 29.5 Å². The predicted molar refractivity (Wildman–Crippen MR) is 86.9 cm³/mol. The number of nitrogens with one attached hydrogen (secondary N) is 1. The van der Waals surface area contributed by atoms with Crippen LogP contribution in [0.15, 0.2) is 0 Å². The molecule has 131 valence electrons. The van der Waals surface area contributed by atoms with Crippen LogP contribution in [0.25, 0.3) is 5.23 Å². The number of carboxylic acid groups (broad SMARTS) is 1. The average Bonchev–Trinajstić information content (AvgIpc) is 3.22. The van der Waals surface area contributed by atoms with Gasteiger partial charge in [0.15, 0.2) is 0 Å². The van der Waals surface area contributed by atoms with Crippen molar-refractivity contribution in [3.8, 4) is 0 Å². The molecule has 0 aromatic rings. The number of rotatable bonds is 5. The fourth-order valence-electron chi connectivity index (χ4n) is 2.68. The Hall–Kier alpha value is -0.461. The molecule has 0 aromatic heterocycles. The number of hydrogen-bond acceptors (Lipinski definition) is 3. The van der Waals surface area contributed by atoms with E-state index in [0.29, 0.717) is 25.8 Å². The fraction of sp³-hybridized carbons (Fsp3) is 0.800. The van der Waals surface area contributed by atoms with Crippen molar-refractivity contribution in [1.82, 2.24) is 10.2 Å². The molecule has 1 saturated heterocycles. The molecular weight excluding hydrogens is 386 g/mol. The summed E-state index contributed by atoms with van der Waals surface area (Å²) in [5.41, 5.74) is -1.14. The molecule has 1 aliphatic heterocycles. The summed E-state index contributed by atoms with van der Waals surface area (Å²) >= 11 is 0. The Labute approximate surface area is 170 Å². The molecule has 0 spiro atoms. The third-order valence-electron chi connectivity index (χ3n) is 4.20. The molecule has 24 heavy (non-hydrogen) atoms. The molecule has 3 atom stereocenters. The molecule has 1 aliphatic carbocycles. The molecule has 2 amide bonds. The third kappa shape index (κ3) is 5.27. The maximum absolute atomic E-state index is 12.3. The average molecular weight is 411 g/mol. The minimum atomic E-state index is -1.14. The normalized spacial score (nSPS) is 24.8. The van der Waals surface area contributed by atoms with E-state index in [1.165, 1.54) is 4.90 Å². The van der Waals surface area contributed by atoms with E-state index in [2.05, 4.69) is 10.5 Å². The van der Waals surface area contributed by atoms with Crippen LogP contribution in [0.1, 0.15) is 47.0 Å². The van der Waals surface area contributed by atoms with Crippen LogP contribution in [0, 0.1) is 5.92 Å². The van der Waals surface area contributed by atoms with Gasteiger partial charge in [0.25, 0.3) is 0 Å². The summed E-state index contributed by atoms with van der Waals surface area (Å²) in [5, 5.41) is 15.1. The number of amides is 2. The molecule has 9 heteroatoms. The number of carbonyl (C=O) groups excluding carboxylic acids is 2. The molecule has 3 radical (unpaired) electrons. The first-order valence-electron chi connectivity index (χ1n) is 8.06. The summed E-state index contributed by atoms with van der Waals surface area (Å²) in [6, 6.07) is -1.35. The van der Waals surface area contributed by atoms with Crippen LogP contribution in [0.4, 0.5) is 0 Å². The smallest absolute Gasteiger partial charge is 0.329 e. The monoisotopic (exact) mass is 411 g/mol. The van der Waals surface area contributed by atoms with Gasteiger partial charge < -0.3 is 20.6 Å². The first kappa shape index (κ1) is 23.5. The largest absolute Gasteiger partial charge is 0.690 e. The number of hydrogen-bond donors (Lipinski definition) is 2. The molecule has 2 aliphatic rings. The van der Waals surface area contributed by atoms with Crippen LogP contribution in [-0.4, -0.2) is 59.9 Å². The van der Waals surface area contributed by atoms with E-state index in [0.717, 1.165) is 0 Å². The van der Waals surface area contributed by atoms with Gasteiger partial charge in [-0.25, -0.2) is 4.79 Å². The van der Waals surface area contributed by atoms with E-state index in [1.807, 2.05) is 20.8 Å². The van der Waals surface area contributed by atoms with Gasteiger partial charge in [0.05, 0.1) is 0 Å². The minimum Gasteiger partial charge on any atom is -0.690 e. The van der Waals surface area contributed by atoms with Gasteiger partial charge in [0.2, 0.25) is 11.8 Å². The summed E-state index contributed by atoms with van der Waals surface area (Å²) in [7, 11) is 5.15. The molecule has 0 unspecified atom stereocenters. The standard InChI is InChI=1S/C13H19BN3O4.C2H6.Y/c1-7-5-9(17(6-7)11(19)8(2)16-14)10(18)15-13(3-4-13)12(20)21;1-2;/h7-9H,3-6H2,1-2H3,(H,15,18)(H,20,21);1-2H3;/q-1;;/t7-,8+,9+;;/m1../s1. The molecular formula is C15H25BN3O4Y-. The van der Waals surface area contributed by atoms with Crippen molar-refractivity contribution in [2.24, 2.45) is 5.92 Å². The topological polar surface area (TPSA) is 101 Å². The van der Waals surface area contributed by atoms with Crippen molar-refractivity contribution in [3.63, 3.8) is 0 Å². The molecule has 2 rings (SSSR count). The quantitative estimate of drug-likeness (QED) is 0.655. The molecule has 2 N–H and O–H groups in total. The first-order valence-corrected chi connectivity index (χ1v) is 8.06. The molecule has 7 nitrogen and oxygen atoms in total. The van der Waals surface area contributed by atoms with Gasteiger partial charge in [-0.3, -0.25) is 9.59 Å². The second-order valence-electron chi connectivity index (χ2n) is 6.05. The zero-order valence-corrected chi connectivity index (χ0v) is 17.6. The maximum atomic E-state index is 12.3. The van der Waals surface area contributed by atoms with E-state index in [-0.39, 0.29) is 44.5 Å². The van der Waals surface area contributed by atoms with Crippen molar-refractivity contribution in [3.05, 3.63) is 5.23 Å². The Kier molecular flexibility index (Phi) is 9.69. The van der Waals surface area contributed by atoms with Crippen LogP contribution < -0.4 is 5.32 Å². The van der Waals surface area contributed by atoms with Gasteiger partial charge in [0, 0.05) is 39.3 Å². The van der Waals surface area contributed by atoms with Gasteiger partial charge >= 0.3 is 5.97 Å². The zero-order chi connectivity index (χ0) is 17.8. The molecule has 1 saturated carbocycles. The Bertz CT molecular complexity index is 474. The van der Waals surface area contributed by atoms with Crippen molar-refractivity contribution in [2.75, 3.05) is 6.54 Å². The Morgan fingerprint density at radius 1 is 1.33 bits per heavy atom. The summed E-state index contributed by atoms with van der Waals surface area (Å²) in [4.78, 5) is 37.2. The molecule has 0 aromatic carbocycles. The van der Waals surface area contributed by atoms with Crippen LogP contribution in [0.2, 0.25) is 0 Å². The van der Waals surface area contributed by atoms with Gasteiger partial charge in [-0.2, -0.15) is 0 Å². The minimum absolute atomic E-state index is 0. The fourth-order valence-corrected chi connectivity index (χ4v) is 2.68. The van der Waals surface area contributed by atoms with Crippen LogP contribution in [0.3, 0.4) is 0 Å². The molecule has 1 heterocycles. The van der Waals surface area contributed by atoms with E-state index in [4.69, 9.17) is 13.1 Å². The summed E-state index contributed by atoms with van der Waals surface area (Å²) in [6.07, 6.45) is 1.38. The number of aliphatic carboxylic acids is 1. The van der Waals surface area contributed by atoms with Gasteiger partial charge in [-0.15, -0.1) is 7.98 Å². The van der Waals surface area contributed by atoms with Crippen LogP contribution >= 0.6 is 0 Å². The van der Waals surface area contributed by atoms with E-state index in [9.17, 15) is 14.4 Å². The number of carbonyl (C=O) groups is 3.